The molecule has 4 rings (SSSR count). The Kier molecular flexibility index (Phi) is 2.82. The average Bonchev–Trinajstić information content (AvgIpc) is 3.17. The molecular formula is C16H17N3O2. The number of aromatic nitrogens is 1. The zero-order valence-electron chi connectivity index (χ0n) is 11.8. The highest BCUT2D eigenvalue weighted by molar-refractivity contribution is 5.92. The Labute approximate surface area is 122 Å². The van der Waals surface area contributed by atoms with E-state index >= 15 is 0 Å². The molecule has 1 aromatic heterocycles. The molecule has 1 fully saturated rings. The zero-order chi connectivity index (χ0) is 14.4. The highest BCUT2D eigenvalue weighted by Gasteiger charge is 2.43. The second kappa shape index (κ2) is 4.70. The molecular weight excluding hydrogens is 266 g/mol. The van der Waals surface area contributed by atoms with E-state index in [1.165, 1.54) is 11.1 Å². The molecule has 5 nitrogen and oxygen atoms in total. The molecule has 3 atom stereocenters. The summed E-state index contributed by atoms with van der Waals surface area (Å²) in [5.41, 5.74) is 2.94. The van der Waals surface area contributed by atoms with Crippen LogP contribution >= 0.6 is 0 Å². The SMILES string of the molecule is Cc1cc(C(=O)N[C@@H]2c3ccccc3[C@@H]3CNC[C@H]23)no1. The van der Waals surface area contributed by atoms with Crippen LogP contribution in [-0.2, 0) is 0 Å². The standard InChI is InChI=1S/C16H17N3O2/c1-9-6-14(19-21-9)16(20)18-15-11-5-3-2-4-10(11)12-7-17-8-13(12)15/h2-6,12-13,15,17H,7-8H2,1H3,(H,18,20)/t12-,13-,15+/m0/s1. The van der Waals surface area contributed by atoms with Crippen molar-refractivity contribution in [2.24, 2.45) is 5.92 Å². The predicted molar refractivity (Wildman–Crippen MR) is 77.0 cm³/mol. The van der Waals surface area contributed by atoms with E-state index in [4.69, 9.17) is 4.52 Å². The van der Waals surface area contributed by atoms with Crippen molar-refractivity contribution in [1.82, 2.24) is 15.8 Å². The van der Waals surface area contributed by atoms with Crippen molar-refractivity contribution in [3.8, 4) is 0 Å². The van der Waals surface area contributed by atoms with E-state index in [0.717, 1.165) is 13.1 Å². The maximum Gasteiger partial charge on any atom is 0.273 e. The monoisotopic (exact) mass is 283 g/mol. The Morgan fingerprint density at radius 2 is 2.14 bits per heavy atom. The van der Waals surface area contributed by atoms with Crippen molar-refractivity contribution < 1.29 is 9.32 Å². The minimum absolute atomic E-state index is 0.0470. The van der Waals surface area contributed by atoms with Crippen LogP contribution in [0, 0.1) is 12.8 Å². The van der Waals surface area contributed by atoms with Crippen molar-refractivity contribution in [2.75, 3.05) is 13.1 Å². The van der Waals surface area contributed by atoms with Crippen molar-refractivity contribution in [3.63, 3.8) is 0 Å². The molecule has 0 bridgehead atoms. The first-order valence-electron chi connectivity index (χ1n) is 7.28. The lowest BCUT2D eigenvalue weighted by molar-refractivity contribution is 0.0916. The quantitative estimate of drug-likeness (QED) is 0.881. The normalized spacial score (nSPS) is 26.4. The largest absolute Gasteiger partial charge is 0.361 e. The fraction of sp³-hybridized carbons (Fsp3) is 0.375. The summed E-state index contributed by atoms with van der Waals surface area (Å²) in [6.45, 7) is 3.70. The van der Waals surface area contributed by atoms with Crippen LogP contribution in [0.25, 0.3) is 0 Å². The average molecular weight is 283 g/mol. The molecule has 2 aliphatic rings. The van der Waals surface area contributed by atoms with E-state index in [1.807, 2.05) is 6.07 Å². The second-order valence-corrected chi connectivity index (χ2v) is 5.83. The second-order valence-electron chi connectivity index (χ2n) is 5.83. The molecule has 1 saturated heterocycles. The van der Waals surface area contributed by atoms with Crippen LogP contribution in [0.4, 0.5) is 0 Å². The van der Waals surface area contributed by atoms with E-state index in [-0.39, 0.29) is 11.9 Å². The Bertz CT molecular complexity index is 694. The number of benzene rings is 1. The molecule has 1 aromatic carbocycles. The van der Waals surface area contributed by atoms with Crippen LogP contribution < -0.4 is 10.6 Å². The van der Waals surface area contributed by atoms with E-state index in [9.17, 15) is 4.79 Å². The third-order valence-electron chi connectivity index (χ3n) is 4.57. The Hall–Kier alpha value is -2.14. The molecule has 1 aliphatic heterocycles. The number of rotatable bonds is 2. The number of hydrogen-bond donors (Lipinski definition) is 2. The van der Waals surface area contributed by atoms with Crippen molar-refractivity contribution in [3.05, 3.63) is 52.9 Å². The third kappa shape index (κ3) is 1.96. The van der Waals surface area contributed by atoms with Gasteiger partial charge in [0, 0.05) is 31.0 Å². The van der Waals surface area contributed by atoms with Gasteiger partial charge in [0.25, 0.3) is 5.91 Å². The van der Waals surface area contributed by atoms with E-state index in [1.54, 1.807) is 13.0 Å². The maximum absolute atomic E-state index is 12.4. The summed E-state index contributed by atoms with van der Waals surface area (Å²) in [5.74, 6) is 1.39. The van der Waals surface area contributed by atoms with Gasteiger partial charge in [0.2, 0.25) is 0 Å². The summed E-state index contributed by atoms with van der Waals surface area (Å²) in [7, 11) is 0. The van der Waals surface area contributed by atoms with Crippen LogP contribution in [0.1, 0.15) is 39.3 Å². The molecule has 2 aromatic rings. The van der Waals surface area contributed by atoms with Gasteiger partial charge in [-0.1, -0.05) is 29.4 Å². The van der Waals surface area contributed by atoms with Crippen molar-refractivity contribution in [1.29, 1.82) is 0 Å². The molecule has 0 unspecified atom stereocenters. The summed E-state index contributed by atoms with van der Waals surface area (Å²) < 4.78 is 4.98. The number of carbonyl (C=O) groups is 1. The van der Waals surface area contributed by atoms with Crippen LogP contribution in [0.3, 0.4) is 0 Å². The predicted octanol–water partition coefficient (Wildman–Crippen LogP) is 1.77. The Morgan fingerprint density at radius 1 is 1.33 bits per heavy atom. The molecule has 0 radical (unpaired) electrons. The molecule has 2 heterocycles. The van der Waals surface area contributed by atoms with Gasteiger partial charge < -0.3 is 15.2 Å². The zero-order valence-corrected chi connectivity index (χ0v) is 11.8. The molecule has 2 N–H and O–H groups in total. The van der Waals surface area contributed by atoms with Crippen LogP contribution in [0.2, 0.25) is 0 Å². The highest BCUT2D eigenvalue weighted by atomic mass is 16.5. The van der Waals surface area contributed by atoms with Gasteiger partial charge in [-0.15, -0.1) is 0 Å². The van der Waals surface area contributed by atoms with Crippen LogP contribution in [-0.4, -0.2) is 24.2 Å². The first-order chi connectivity index (χ1) is 10.2. The minimum Gasteiger partial charge on any atom is -0.361 e. The molecule has 0 spiro atoms. The first kappa shape index (κ1) is 12.6. The van der Waals surface area contributed by atoms with Gasteiger partial charge in [0.1, 0.15) is 5.76 Å². The van der Waals surface area contributed by atoms with Gasteiger partial charge >= 0.3 is 0 Å². The molecule has 1 amide bonds. The summed E-state index contributed by atoms with van der Waals surface area (Å²) >= 11 is 0. The van der Waals surface area contributed by atoms with E-state index < -0.39 is 0 Å². The Morgan fingerprint density at radius 3 is 2.90 bits per heavy atom. The van der Waals surface area contributed by atoms with Gasteiger partial charge in [-0.3, -0.25) is 4.79 Å². The lowest BCUT2D eigenvalue weighted by Gasteiger charge is -2.20. The number of nitrogens with one attached hydrogen (secondary N) is 2. The number of aryl methyl sites for hydroxylation is 1. The van der Waals surface area contributed by atoms with Crippen LogP contribution in [0.5, 0.6) is 0 Å². The Balaban J connectivity index is 1.64. The van der Waals surface area contributed by atoms with Crippen molar-refractivity contribution in [2.45, 2.75) is 18.9 Å². The minimum atomic E-state index is -0.167. The summed E-state index contributed by atoms with van der Waals surface area (Å²) in [5, 5.41) is 10.4. The van der Waals surface area contributed by atoms with Gasteiger partial charge in [0.15, 0.2) is 5.69 Å². The topological polar surface area (TPSA) is 67.2 Å². The smallest absolute Gasteiger partial charge is 0.273 e. The number of carbonyl (C=O) groups excluding carboxylic acids is 1. The first-order valence-corrected chi connectivity index (χ1v) is 7.28. The molecule has 5 heteroatoms. The molecule has 0 saturated carbocycles. The number of hydrogen-bond acceptors (Lipinski definition) is 4. The van der Waals surface area contributed by atoms with E-state index in [0.29, 0.717) is 23.3 Å². The fourth-order valence-corrected chi connectivity index (χ4v) is 3.63. The summed E-state index contributed by atoms with van der Waals surface area (Å²) in [6, 6.07) is 10.1. The summed E-state index contributed by atoms with van der Waals surface area (Å²) in [4.78, 5) is 12.4. The number of nitrogens with zero attached hydrogens (tertiary/aromatic N) is 1. The lowest BCUT2D eigenvalue weighted by Crippen LogP contribution is -2.33. The van der Waals surface area contributed by atoms with Gasteiger partial charge in [-0.25, -0.2) is 0 Å². The molecule has 108 valence electrons. The van der Waals surface area contributed by atoms with E-state index in [2.05, 4.69) is 34.0 Å². The van der Waals surface area contributed by atoms with Crippen molar-refractivity contribution >= 4 is 5.91 Å². The van der Waals surface area contributed by atoms with Gasteiger partial charge in [-0.05, 0) is 18.1 Å². The maximum atomic E-state index is 12.4. The fourth-order valence-electron chi connectivity index (χ4n) is 3.63. The third-order valence-corrected chi connectivity index (χ3v) is 4.57. The molecule has 1 aliphatic carbocycles. The lowest BCUT2D eigenvalue weighted by atomic mass is 9.94. The molecule has 21 heavy (non-hydrogen) atoms. The number of amides is 1. The number of fused-ring (bicyclic) bond motifs is 3. The van der Waals surface area contributed by atoms with Gasteiger partial charge in [0.05, 0.1) is 6.04 Å². The summed E-state index contributed by atoms with van der Waals surface area (Å²) in [6.07, 6.45) is 0. The highest BCUT2D eigenvalue weighted by Crippen LogP contribution is 2.46. The van der Waals surface area contributed by atoms with Gasteiger partial charge in [-0.2, -0.15) is 0 Å². The van der Waals surface area contributed by atoms with Crippen LogP contribution in [0.15, 0.2) is 34.9 Å².